The summed E-state index contributed by atoms with van der Waals surface area (Å²) in [5.74, 6) is -2.58. The highest BCUT2D eigenvalue weighted by molar-refractivity contribution is 5.89. The largest absolute Gasteiger partial charge is 0.455 e. The number of halogens is 3. The maximum atomic E-state index is 14.5. The highest BCUT2D eigenvalue weighted by atomic mass is 19.4. The standard InChI is InChI=1S/C31H39F3N4O5/c1-17(2)25-26(39)35-18(3)27(40)38-15-7-8-23(37-38)28(41)42-19(4)22-12-11-21-10-9-20(16-24(21)36-22)13-14-30(5,6)29(43-25)31(32,33)34/h9-14,16-19,23,25,29,37H,7-8,15H2,1-6H3,(H,35,39)/b14-13+/t18-,19+,23-,25-,29-/m0/s1. The molecule has 2 aromatic rings. The number of aromatic nitrogens is 1. The van der Waals surface area contributed by atoms with Gasteiger partial charge < -0.3 is 14.8 Å². The fraction of sp³-hybridized carbons (Fsp3) is 0.548. The number of hydrogen-bond acceptors (Lipinski definition) is 7. The molecule has 12 heteroatoms. The van der Waals surface area contributed by atoms with E-state index in [9.17, 15) is 27.6 Å². The van der Waals surface area contributed by atoms with E-state index in [0.29, 0.717) is 29.6 Å². The number of carbonyl (C=O) groups excluding carboxylic acids is 3. The molecule has 9 nitrogen and oxygen atoms in total. The summed E-state index contributed by atoms with van der Waals surface area (Å²) < 4.78 is 54.6. The van der Waals surface area contributed by atoms with Gasteiger partial charge in [0.15, 0.2) is 6.10 Å². The number of amides is 2. The first-order valence-electron chi connectivity index (χ1n) is 14.5. The topological polar surface area (TPSA) is 110 Å². The van der Waals surface area contributed by atoms with Crippen LogP contribution in [0.1, 0.15) is 71.7 Å². The summed E-state index contributed by atoms with van der Waals surface area (Å²) in [5.41, 5.74) is 2.99. The fourth-order valence-corrected chi connectivity index (χ4v) is 5.24. The van der Waals surface area contributed by atoms with Gasteiger partial charge in [-0.25, -0.2) is 10.4 Å². The Morgan fingerprint density at radius 2 is 1.79 bits per heavy atom. The van der Waals surface area contributed by atoms with E-state index < -0.39 is 65.7 Å². The van der Waals surface area contributed by atoms with Gasteiger partial charge in [0.25, 0.3) is 5.91 Å². The van der Waals surface area contributed by atoms with Crippen LogP contribution >= 0.6 is 0 Å². The van der Waals surface area contributed by atoms with Crippen molar-refractivity contribution in [3.05, 3.63) is 47.7 Å². The number of nitrogens with one attached hydrogen (secondary N) is 2. The Labute approximate surface area is 249 Å². The summed E-state index contributed by atoms with van der Waals surface area (Å²) in [6.45, 7) is 9.34. The maximum Gasteiger partial charge on any atom is 0.415 e. The monoisotopic (exact) mass is 604 g/mol. The minimum Gasteiger partial charge on any atom is -0.455 e. The first kappa shape index (κ1) is 32.4. The Kier molecular flexibility index (Phi) is 9.51. The zero-order valence-corrected chi connectivity index (χ0v) is 25.2. The lowest BCUT2D eigenvalue weighted by atomic mass is 9.84. The normalized spacial score (nSPS) is 28.5. The van der Waals surface area contributed by atoms with Crippen LogP contribution in [-0.4, -0.2) is 64.8 Å². The van der Waals surface area contributed by atoms with Gasteiger partial charge in [-0.2, -0.15) is 13.2 Å². The van der Waals surface area contributed by atoms with Crippen LogP contribution in [0.25, 0.3) is 17.0 Å². The smallest absolute Gasteiger partial charge is 0.415 e. The van der Waals surface area contributed by atoms with Crippen LogP contribution in [0.3, 0.4) is 0 Å². The molecule has 3 heterocycles. The number of alkyl halides is 3. The summed E-state index contributed by atoms with van der Waals surface area (Å²) in [4.78, 5) is 44.2. The van der Waals surface area contributed by atoms with E-state index in [1.807, 2.05) is 6.07 Å². The van der Waals surface area contributed by atoms with Crippen LogP contribution < -0.4 is 10.7 Å². The lowest BCUT2D eigenvalue weighted by molar-refractivity contribution is -0.258. The molecule has 2 amide bonds. The molecule has 1 aromatic heterocycles. The second-order valence-electron chi connectivity index (χ2n) is 12.2. The molecule has 0 spiro atoms. The van der Waals surface area contributed by atoms with Crippen molar-refractivity contribution in [3.8, 4) is 0 Å². The summed E-state index contributed by atoms with van der Waals surface area (Å²) >= 11 is 0. The van der Waals surface area contributed by atoms with Crippen LogP contribution in [-0.2, 0) is 23.9 Å². The quantitative estimate of drug-likeness (QED) is 0.448. The number of pyridine rings is 1. The molecule has 0 aliphatic carbocycles. The molecule has 1 fully saturated rings. The number of carbonyl (C=O) groups is 3. The van der Waals surface area contributed by atoms with E-state index in [-0.39, 0.29) is 6.54 Å². The van der Waals surface area contributed by atoms with Gasteiger partial charge in [0.1, 0.15) is 24.3 Å². The molecule has 43 heavy (non-hydrogen) atoms. The average molecular weight is 605 g/mol. The summed E-state index contributed by atoms with van der Waals surface area (Å²) in [5, 5.41) is 4.56. The number of rotatable bonds is 1. The third-order valence-electron chi connectivity index (χ3n) is 7.74. The Balaban J connectivity index is 1.76. The number of ether oxygens (including phenoxy) is 2. The van der Waals surface area contributed by atoms with Gasteiger partial charge in [0, 0.05) is 17.3 Å². The molecule has 2 N–H and O–H groups in total. The molecule has 4 rings (SSSR count). The van der Waals surface area contributed by atoms with Gasteiger partial charge in [0.2, 0.25) is 5.91 Å². The number of nitrogens with zero attached hydrogens (tertiary/aromatic N) is 2. The Morgan fingerprint density at radius 3 is 2.47 bits per heavy atom. The van der Waals surface area contributed by atoms with Gasteiger partial charge in [-0.1, -0.05) is 58.0 Å². The van der Waals surface area contributed by atoms with E-state index in [4.69, 9.17) is 9.47 Å². The van der Waals surface area contributed by atoms with E-state index in [2.05, 4.69) is 15.7 Å². The summed E-state index contributed by atoms with van der Waals surface area (Å²) in [7, 11) is 0. The van der Waals surface area contributed by atoms with Crippen molar-refractivity contribution in [2.75, 3.05) is 6.54 Å². The first-order chi connectivity index (χ1) is 20.1. The number of fused-ring (bicyclic) bond motifs is 4. The van der Waals surface area contributed by atoms with Crippen molar-refractivity contribution in [2.45, 2.75) is 91.0 Å². The highest BCUT2D eigenvalue weighted by Gasteiger charge is 2.51. The molecule has 5 atom stereocenters. The van der Waals surface area contributed by atoms with E-state index in [1.54, 1.807) is 51.1 Å². The number of hydrazine groups is 1. The van der Waals surface area contributed by atoms with Gasteiger partial charge in [-0.3, -0.25) is 19.4 Å². The highest BCUT2D eigenvalue weighted by Crippen LogP contribution is 2.39. The molecular formula is C31H39F3N4O5. The van der Waals surface area contributed by atoms with Crippen molar-refractivity contribution >= 4 is 34.8 Å². The van der Waals surface area contributed by atoms with Gasteiger partial charge in [-0.15, -0.1) is 0 Å². The van der Waals surface area contributed by atoms with Gasteiger partial charge in [-0.05, 0) is 50.3 Å². The molecule has 1 saturated heterocycles. The minimum atomic E-state index is -4.80. The summed E-state index contributed by atoms with van der Waals surface area (Å²) in [6.07, 6.45) is -5.43. The number of cyclic esters (lactones) is 1. The van der Waals surface area contributed by atoms with E-state index >= 15 is 0 Å². The first-order valence-corrected chi connectivity index (χ1v) is 14.5. The second kappa shape index (κ2) is 12.6. The molecule has 0 unspecified atom stereocenters. The SMILES string of the molecule is CC(C)[C@@H]1O[C@H](C(F)(F)F)C(C)(C)/C=C/c2ccc3ccc(nc3c2)[C@@H](C)OC(=O)[C@@H]2CCCN(N2)C(=O)[C@H](C)NC1=O. The third kappa shape index (κ3) is 7.53. The number of esters is 1. The fourth-order valence-electron chi connectivity index (χ4n) is 5.24. The minimum absolute atomic E-state index is 0.272. The predicted molar refractivity (Wildman–Crippen MR) is 154 cm³/mol. The lowest BCUT2D eigenvalue weighted by Gasteiger charge is -2.37. The van der Waals surface area contributed by atoms with Crippen molar-refractivity contribution in [3.63, 3.8) is 0 Å². The van der Waals surface area contributed by atoms with Crippen molar-refractivity contribution in [2.24, 2.45) is 11.3 Å². The van der Waals surface area contributed by atoms with E-state index in [0.717, 1.165) is 5.39 Å². The number of hydrogen-bond donors (Lipinski definition) is 2. The van der Waals surface area contributed by atoms with Crippen LogP contribution in [0.15, 0.2) is 36.4 Å². The van der Waals surface area contributed by atoms with Crippen molar-refractivity contribution in [1.29, 1.82) is 0 Å². The molecule has 2 aliphatic rings. The molecule has 5 bridgehead atoms. The predicted octanol–water partition coefficient (Wildman–Crippen LogP) is 4.86. The molecule has 2 aliphatic heterocycles. The maximum absolute atomic E-state index is 14.5. The molecule has 0 saturated carbocycles. The zero-order valence-electron chi connectivity index (χ0n) is 25.2. The van der Waals surface area contributed by atoms with Crippen LogP contribution in [0, 0.1) is 11.3 Å². The van der Waals surface area contributed by atoms with Crippen LogP contribution in [0.2, 0.25) is 0 Å². The third-order valence-corrected chi connectivity index (χ3v) is 7.74. The van der Waals surface area contributed by atoms with Gasteiger partial charge >= 0.3 is 12.1 Å². The van der Waals surface area contributed by atoms with Crippen LogP contribution in [0.4, 0.5) is 13.2 Å². The van der Waals surface area contributed by atoms with Crippen LogP contribution in [0.5, 0.6) is 0 Å². The van der Waals surface area contributed by atoms with Gasteiger partial charge in [0.05, 0.1) is 11.2 Å². The zero-order chi connectivity index (χ0) is 31.7. The Morgan fingerprint density at radius 1 is 1.09 bits per heavy atom. The lowest BCUT2D eigenvalue weighted by Crippen LogP contribution is -2.60. The van der Waals surface area contributed by atoms with E-state index in [1.165, 1.54) is 31.9 Å². The molecule has 0 radical (unpaired) electrons. The van der Waals surface area contributed by atoms with Crippen molar-refractivity contribution in [1.82, 2.24) is 20.7 Å². The second-order valence-corrected chi connectivity index (χ2v) is 12.2. The Hall–Kier alpha value is -3.51. The Bertz CT molecular complexity index is 1390. The molecule has 234 valence electrons. The molecular weight excluding hydrogens is 565 g/mol. The number of benzene rings is 1. The molecule has 1 aromatic carbocycles. The average Bonchev–Trinajstić information content (AvgIpc) is 2.93. The van der Waals surface area contributed by atoms with Crippen molar-refractivity contribution < 1.29 is 37.0 Å². The summed E-state index contributed by atoms with van der Waals surface area (Å²) in [6, 6.07) is 6.98.